The molecule has 8 nitrogen and oxygen atoms in total. The Hall–Kier alpha value is -4.50. The summed E-state index contributed by atoms with van der Waals surface area (Å²) in [6.45, 7) is 3.02. The van der Waals surface area contributed by atoms with Crippen molar-refractivity contribution in [2.24, 2.45) is 5.92 Å². The summed E-state index contributed by atoms with van der Waals surface area (Å²) in [5, 5.41) is 13.8. The first-order valence-corrected chi connectivity index (χ1v) is 13.1. The number of para-hydroxylation sites is 2. The number of imidazole rings is 1. The number of H-pyrrole nitrogens is 2. The second-order valence-corrected chi connectivity index (χ2v) is 10.5. The average Bonchev–Trinajstić information content (AvgIpc) is 3.37. The predicted octanol–water partition coefficient (Wildman–Crippen LogP) is 5.08. The highest BCUT2D eigenvalue weighted by atomic mass is 19.1. The molecule has 39 heavy (non-hydrogen) atoms. The van der Waals surface area contributed by atoms with Gasteiger partial charge >= 0.3 is 5.97 Å². The highest BCUT2D eigenvalue weighted by Crippen LogP contribution is 2.38. The zero-order chi connectivity index (χ0) is 26.7. The molecular weight excluding hydrogens is 497 g/mol. The number of halogens is 1. The quantitative estimate of drug-likeness (QED) is 0.255. The van der Waals surface area contributed by atoms with Crippen LogP contribution in [-0.2, 0) is 0 Å². The van der Waals surface area contributed by atoms with E-state index in [0.29, 0.717) is 39.5 Å². The molecular formula is C30H26FN5O3. The molecule has 0 radical (unpaired) electrons. The molecule has 0 spiro atoms. The van der Waals surface area contributed by atoms with Crippen LogP contribution in [0.2, 0.25) is 0 Å². The van der Waals surface area contributed by atoms with Gasteiger partial charge in [-0.05, 0) is 73.8 Å². The number of aromatic nitrogens is 3. The van der Waals surface area contributed by atoms with Crippen molar-refractivity contribution in [1.29, 1.82) is 0 Å². The van der Waals surface area contributed by atoms with Gasteiger partial charge < -0.3 is 25.3 Å². The molecule has 0 amide bonds. The van der Waals surface area contributed by atoms with Crippen LogP contribution in [-0.4, -0.2) is 56.6 Å². The second kappa shape index (κ2) is 9.06. The van der Waals surface area contributed by atoms with Crippen LogP contribution in [0.25, 0.3) is 44.5 Å². The molecule has 1 atom stereocenters. The van der Waals surface area contributed by atoms with Crippen LogP contribution in [0.1, 0.15) is 23.2 Å². The van der Waals surface area contributed by atoms with Crippen LogP contribution in [0.4, 0.5) is 10.1 Å². The fourth-order valence-electron chi connectivity index (χ4n) is 6.12. The maximum Gasteiger partial charge on any atom is 0.335 e. The Morgan fingerprint density at radius 2 is 1.85 bits per heavy atom. The number of carbonyl (C=O) groups is 1. The number of rotatable bonds is 5. The van der Waals surface area contributed by atoms with E-state index >= 15 is 4.39 Å². The summed E-state index contributed by atoms with van der Waals surface area (Å²) in [5.41, 5.74) is 3.28. The number of anilines is 1. The first-order chi connectivity index (χ1) is 18.9. The van der Waals surface area contributed by atoms with Crippen LogP contribution < -0.4 is 10.9 Å². The monoisotopic (exact) mass is 523 g/mol. The number of carboxylic acids is 1. The van der Waals surface area contributed by atoms with Gasteiger partial charge in [0.1, 0.15) is 17.2 Å². The summed E-state index contributed by atoms with van der Waals surface area (Å²) >= 11 is 0. The Kier molecular flexibility index (Phi) is 5.48. The second-order valence-electron chi connectivity index (χ2n) is 10.5. The van der Waals surface area contributed by atoms with Crippen molar-refractivity contribution >= 4 is 33.6 Å². The van der Waals surface area contributed by atoms with Crippen LogP contribution in [0.3, 0.4) is 0 Å². The number of aromatic carboxylic acids is 1. The Morgan fingerprint density at radius 3 is 2.59 bits per heavy atom. The van der Waals surface area contributed by atoms with Crippen molar-refractivity contribution in [3.8, 4) is 22.5 Å². The molecule has 2 bridgehead atoms. The SMILES string of the molecule is O=C(O)c1cccc(-c2cc3c(N[C@@H]4CN5CCC4CC5)c(-c4nc5ccccc5[nH]4)c(=O)[nH]c3cc2F)c1. The number of hydrogen-bond donors (Lipinski definition) is 4. The van der Waals surface area contributed by atoms with E-state index in [1.165, 1.54) is 18.2 Å². The minimum Gasteiger partial charge on any atom is -0.478 e. The van der Waals surface area contributed by atoms with Crippen LogP contribution >= 0.6 is 0 Å². The zero-order valence-electron chi connectivity index (χ0n) is 21.0. The van der Waals surface area contributed by atoms with Crippen molar-refractivity contribution in [2.75, 3.05) is 25.0 Å². The van der Waals surface area contributed by atoms with E-state index in [1.807, 2.05) is 24.3 Å². The van der Waals surface area contributed by atoms with Crippen LogP contribution in [0.15, 0.2) is 65.5 Å². The van der Waals surface area contributed by atoms with Crippen molar-refractivity contribution in [3.63, 3.8) is 0 Å². The van der Waals surface area contributed by atoms with E-state index in [9.17, 15) is 14.7 Å². The summed E-state index contributed by atoms with van der Waals surface area (Å²) in [6.07, 6.45) is 2.17. The zero-order valence-corrected chi connectivity index (χ0v) is 21.0. The van der Waals surface area contributed by atoms with E-state index in [-0.39, 0.29) is 22.7 Å². The van der Waals surface area contributed by atoms with Gasteiger partial charge in [-0.2, -0.15) is 0 Å². The van der Waals surface area contributed by atoms with E-state index in [0.717, 1.165) is 43.5 Å². The molecule has 5 heterocycles. The fourth-order valence-corrected chi connectivity index (χ4v) is 6.12. The lowest BCUT2D eigenvalue weighted by molar-refractivity contribution is 0.0697. The fraction of sp³-hybridized carbons (Fsp3) is 0.233. The van der Waals surface area contributed by atoms with Gasteiger partial charge in [-0.3, -0.25) is 4.79 Å². The Labute approximate surface area is 222 Å². The first kappa shape index (κ1) is 23.6. The number of nitrogens with zero attached hydrogens (tertiary/aromatic N) is 2. The predicted molar refractivity (Wildman–Crippen MR) is 149 cm³/mol. The van der Waals surface area contributed by atoms with Crippen LogP contribution in [0, 0.1) is 11.7 Å². The number of hydrogen-bond acceptors (Lipinski definition) is 5. The third-order valence-electron chi connectivity index (χ3n) is 8.13. The van der Waals surface area contributed by atoms with Crippen LogP contribution in [0.5, 0.6) is 0 Å². The molecule has 3 saturated heterocycles. The highest BCUT2D eigenvalue weighted by molar-refractivity contribution is 6.01. The number of carboxylic acid groups (broad SMARTS) is 1. The first-order valence-electron chi connectivity index (χ1n) is 13.1. The Morgan fingerprint density at radius 1 is 1.03 bits per heavy atom. The Balaban J connectivity index is 1.46. The molecule has 0 unspecified atom stereocenters. The molecule has 5 aromatic rings. The maximum absolute atomic E-state index is 15.4. The molecule has 8 rings (SSSR count). The van der Waals surface area contributed by atoms with Gasteiger partial charge in [0.25, 0.3) is 5.56 Å². The molecule has 9 heteroatoms. The average molecular weight is 524 g/mol. The number of pyridine rings is 1. The highest BCUT2D eigenvalue weighted by Gasteiger charge is 2.35. The van der Waals surface area contributed by atoms with Crippen molar-refractivity contribution < 1.29 is 14.3 Å². The van der Waals surface area contributed by atoms with Crippen molar-refractivity contribution in [1.82, 2.24) is 19.9 Å². The lowest BCUT2D eigenvalue weighted by atomic mass is 9.83. The summed E-state index contributed by atoms with van der Waals surface area (Å²) in [4.78, 5) is 38.4. The summed E-state index contributed by atoms with van der Waals surface area (Å²) < 4.78 is 15.4. The lowest BCUT2D eigenvalue weighted by Crippen LogP contribution is -2.53. The van der Waals surface area contributed by atoms with Gasteiger partial charge in [0.05, 0.1) is 27.8 Å². The summed E-state index contributed by atoms with van der Waals surface area (Å²) in [7, 11) is 0. The van der Waals surface area contributed by atoms with E-state index in [2.05, 4.69) is 20.2 Å². The van der Waals surface area contributed by atoms with Gasteiger partial charge in [-0.15, -0.1) is 0 Å². The minimum atomic E-state index is -1.08. The van der Waals surface area contributed by atoms with Gasteiger partial charge in [-0.1, -0.05) is 24.3 Å². The third kappa shape index (κ3) is 4.06. The van der Waals surface area contributed by atoms with Crippen molar-refractivity contribution in [2.45, 2.75) is 18.9 Å². The maximum atomic E-state index is 15.4. The largest absolute Gasteiger partial charge is 0.478 e. The summed E-state index contributed by atoms with van der Waals surface area (Å²) in [6, 6.07) is 16.9. The van der Waals surface area contributed by atoms with Gasteiger partial charge in [-0.25, -0.2) is 14.2 Å². The molecule has 3 aliphatic heterocycles. The molecule has 3 aliphatic rings. The topological polar surface area (TPSA) is 114 Å². The van der Waals surface area contributed by atoms with Gasteiger partial charge in [0.2, 0.25) is 0 Å². The molecule has 2 aromatic heterocycles. The molecule has 0 aliphatic carbocycles. The minimum absolute atomic E-state index is 0.0714. The molecule has 0 saturated carbocycles. The molecule has 3 fully saturated rings. The number of aromatic amines is 2. The van der Waals surface area contributed by atoms with Crippen molar-refractivity contribution in [3.05, 3.63) is 82.4 Å². The molecule has 3 aromatic carbocycles. The third-order valence-corrected chi connectivity index (χ3v) is 8.13. The number of piperidine rings is 3. The molecule has 196 valence electrons. The molecule has 4 N–H and O–H groups in total. The van der Waals surface area contributed by atoms with Gasteiger partial charge in [0.15, 0.2) is 0 Å². The van der Waals surface area contributed by atoms with E-state index in [1.54, 1.807) is 18.2 Å². The number of nitrogens with one attached hydrogen (secondary N) is 3. The number of fused-ring (bicyclic) bond motifs is 5. The lowest BCUT2D eigenvalue weighted by Gasteiger charge is -2.45. The van der Waals surface area contributed by atoms with Gasteiger partial charge in [0, 0.05) is 23.5 Å². The normalized spacial score (nSPS) is 20.5. The standard InChI is InChI=1S/C30H26FN5O3/c31-21-14-24-20(13-19(21)17-4-3-5-18(12-17)30(38)39)27(32-25-15-36-10-8-16(25)9-11-36)26(29(37)35-24)28-33-22-6-1-2-7-23(22)34-28/h1-7,12-14,16,25H,8-11,15H2,(H,33,34)(H,38,39)(H2,32,35,37)/t25-/m1/s1. The Bertz CT molecular complexity index is 1790. The smallest absolute Gasteiger partial charge is 0.335 e. The van der Waals surface area contributed by atoms with E-state index < -0.39 is 11.8 Å². The van der Waals surface area contributed by atoms with E-state index in [4.69, 9.17) is 4.98 Å². The summed E-state index contributed by atoms with van der Waals surface area (Å²) in [5.74, 6) is -0.730. The number of benzene rings is 3.